The van der Waals surface area contributed by atoms with Gasteiger partial charge in [0.15, 0.2) is 0 Å². The van der Waals surface area contributed by atoms with Crippen molar-refractivity contribution in [1.82, 2.24) is 5.32 Å². The van der Waals surface area contributed by atoms with E-state index in [2.05, 4.69) is 11.9 Å². The highest BCUT2D eigenvalue weighted by molar-refractivity contribution is 5.73. The minimum absolute atomic E-state index is 0.499. The SMILES string of the molecule is C=C(CC1CCCCC1)NC(N)=O. The van der Waals surface area contributed by atoms with Crippen molar-refractivity contribution >= 4 is 6.03 Å². The van der Waals surface area contributed by atoms with Crippen molar-refractivity contribution in [2.45, 2.75) is 38.5 Å². The van der Waals surface area contributed by atoms with Gasteiger partial charge in [0.05, 0.1) is 0 Å². The Balaban J connectivity index is 2.22. The van der Waals surface area contributed by atoms with Crippen molar-refractivity contribution < 1.29 is 4.79 Å². The van der Waals surface area contributed by atoms with Crippen molar-refractivity contribution in [3.63, 3.8) is 0 Å². The molecule has 0 unspecified atom stereocenters. The number of carbonyl (C=O) groups excluding carboxylic acids is 1. The highest BCUT2D eigenvalue weighted by atomic mass is 16.2. The van der Waals surface area contributed by atoms with Crippen LogP contribution in [-0.4, -0.2) is 6.03 Å². The lowest BCUT2D eigenvalue weighted by atomic mass is 9.86. The second-order valence-corrected chi connectivity index (χ2v) is 3.80. The second kappa shape index (κ2) is 4.90. The average molecular weight is 182 g/mol. The smallest absolute Gasteiger partial charge is 0.316 e. The molecule has 1 saturated carbocycles. The van der Waals surface area contributed by atoms with Gasteiger partial charge < -0.3 is 11.1 Å². The van der Waals surface area contributed by atoms with E-state index in [0.717, 1.165) is 12.1 Å². The summed E-state index contributed by atoms with van der Waals surface area (Å²) in [6.45, 7) is 3.78. The summed E-state index contributed by atoms with van der Waals surface area (Å²) in [5, 5.41) is 2.53. The zero-order valence-corrected chi connectivity index (χ0v) is 8.01. The van der Waals surface area contributed by atoms with E-state index in [1.165, 1.54) is 32.1 Å². The summed E-state index contributed by atoms with van der Waals surface area (Å²) in [5.41, 5.74) is 5.75. The topological polar surface area (TPSA) is 55.1 Å². The molecule has 1 fully saturated rings. The van der Waals surface area contributed by atoms with E-state index in [4.69, 9.17) is 5.73 Å². The van der Waals surface area contributed by atoms with E-state index >= 15 is 0 Å². The van der Waals surface area contributed by atoms with Crippen molar-refractivity contribution in [3.8, 4) is 0 Å². The molecule has 0 saturated heterocycles. The molecule has 0 aromatic heterocycles. The summed E-state index contributed by atoms with van der Waals surface area (Å²) in [6, 6.07) is -0.499. The number of rotatable bonds is 3. The minimum atomic E-state index is -0.499. The Hall–Kier alpha value is -0.990. The van der Waals surface area contributed by atoms with Crippen LogP contribution < -0.4 is 11.1 Å². The normalized spacial score (nSPS) is 18.2. The zero-order valence-electron chi connectivity index (χ0n) is 8.01. The highest BCUT2D eigenvalue weighted by Gasteiger charge is 2.14. The van der Waals surface area contributed by atoms with Gasteiger partial charge in [0.25, 0.3) is 0 Å². The van der Waals surface area contributed by atoms with Gasteiger partial charge in [0.2, 0.25) is 0 Å². The molecule has 1 rings (SSSR count). The predicted molar refractivity (Wildman–Crippen MR) is 53.1 cm³/mol. The fourth-order valence-electron chi connectivity index (χ4n) is 1.96. The van der Waals surface area contributed by atoms with Gasteiger partial charge in [0, 0.05) is 5.70 Å². The molecule has 0 aromatic carbocycles. The van der Waals surface area contributed by atoms with Crippen molar-refractivity contribution in [2.75, 3.05) is 0 Å². The van der Waals surface area contributed by atoms with E-state index in [0.29, 0.717) is 5.92 Å². The van der Waals surface area contributed by atoms with Crippen LogP contribution >= 0.6 is 0 Å². The first-order chi connectivity index (χ1) is 6.18. The third-order valence-corrected chi connectivity index (χ3v) is 2.56. The Bertz CT molecular complexity index is 195. The van der Waals surface area contributed by atoms with Crippen LogP contribution in [0.2, 0.25) is 0 Å². The lowest BCUT2D eigenvalue weighted by Gasteiger charge is -2.22. The number of allylic oxidation sites excluding steroid dienone is 1. The van der Waals surface area contributed by atoms with E-state index in [-0.39, 0.29) is 0 Å². The Kier molecular flexibility index (Phi) is 3.80. The molecule has 0 atom stereocenters. The molecule has 3 heteroatoms. The Morgan fingerprint density at radius 1 is 1.38 bits per heavy atom. The van der Waals surface area contributed by atoms with Gasteiger partial charge in [-0.25, -0.2) is 4.79 Å². The second-order valence-electron chi connectivity index (χ2n) is 3.80. The maximum Gasteiger partial charge on any atom is 0.316 e. The molecule has 2 amide bonds. The molecule has 0 radical (unpaired) electrons. The van der Waals surface area contributed by atoms with Crippen LogP contribution in [0, 0.1) is 5.92 Å². The number of nitrogens with one attached hydrogen (secondary N) is 1. The first kappa shape index (κ1) is 10.1. The van der Waals surface area contributed by atoms with Crippen molar-refractivity contribution in [1.29, 1.82) is 0 Å². The number of nitrogens with two attached hydrogens (primary N) is 1. The van der Waals surface area contributed by atoms with E-state index in [9.17, 15) is 4.79 Å². The van der Waals surface area contributed by atoms with Crippen LogP contribution in [0.1, 0.15) is 38.5 Å². The quantitative estimate of drug-likeness (QED) is 0.690. The molecule has 0 heterocycles. The van der Waals surface area contributed by atoms with Gasteiger partial charge >= 0.3 is 6.03 Å². The fourth-order valence-corrected chi connectivity index (χ4v) is 1.96. The minimum Gasteiger partial charge on any atom is -0.351 e. The summed E-state index contributed by atoms with van der Waals surface area (Å²) in [7, 11) is 0. The Morgan fingerprint density at radius 2 is 2.00 bits per heavy atom. The van der Waals surface area contributed by atoms with Crippen LogP contribution in [0.5, 0.6) is 0 Å². The molecule has 0 aliphatic heterocycles. The maximum absolute atomic E-state index is 10.5. The summed E-state index contributed by atoms with van der Waals surface area (Å²) in [6.07, 6.45) is 7.40. The molecule has 74 valence electrons. The molecule has 13 heavy (non-hydrogen) atoms. The molecule has 0 aromatic rings. The van der Waals surface area contributed by atoms with Gasteiger partial charge in [0.1, 0.15) is 0 Å². The van der Waals surface area contributed by atoms with Gasteiger partial charge in [-0.1, -0.05) is 38.7 Å². The molecule has 1 aliphatic carbocycles. The third-order valence-electron chi connectivity index (χ3n) is 2.56. The van der Waals surface area contributed by atoms with E-state index in [1.807, 2.05) is 0 Å². The van der Waals surface area contributed by atoms with Crippen molar-refractivity contribution in [2.24, 2.45) is 11.7 Å². The van der Waals surface area contributed by atoms with E-state index in [1.54, 1.807) is 0 Å². The first-order valence-corrected chi connectivity index (χ1v) is 4.92. The molecule has 3 nitrogen and oxygen atoms in total. The number of hydrogen-bond acceptors (Lipinski definition) is 1. The van der Waals surface area contributed by atoms with Crippen molar-refractivity contribution in [3.05, 3.63) is 12.3 Å². The summed E-state index contributed by atoms with van der Waals surface area (Å²) < 4.78 is 0. The standard InChI is InChI=1S/C10H18N2O/c1-8(12-10(11)13)7-9-5-3-2-4-6-9/h9H,1-7H2,(H3,11,12,13). The maximum atomic E-state index is 10.5. The molecule has 1 aliphatic rings. The molecule has 0 bridgehead atoms. The molecule has 0 spiro atoms. The summed E-state index contributed by atoms with van der Waals surface area (Å²) in [5.74, 6) is 0.702. The Labute approximate surface area is 79.4 Å². The molecular weight excluding hydrogens is 164 g/mol. The lowest BCUT2D eigenvalue weighted by molar-refractivity contribution is 0.250. The number of primary amides is 1. The van der Waals surface area contributed by atoms with Crippen LogP contribution in [0.4, 0.5) is 4.79 Å². The number of hydrogen-bond donors (Lipinski definition) is 2. The van der Waals surface area contributed by atoms with Gasteiger partial charge in [-0.15, -0.1) is 0 Å². The zero-order chi connectivity index (χ0) is 9.68. The van der Waals surface area contributed by atoms with Gasteiger partial charge in [-0.05, 0) is 12.3 Å². The monoisotopic (exact) mass is 182 g/mol. The number of carbonyl (C=O) groups is 1. The highest BCUT2D eigenvalue weighted by Crippen LogP contribution is 2.27. The van der Waals surface area contributed by atoms with Gasteiger partial charge in [-0.3, -0.25) is 0 Å². The third kappa shape index (κ3) is 3.97. The Morgan fingerprint density at radius 3 is 2.54 bits per heavy atom. The van der Waals surface area contributed by atoms with Crippen LogP contribution in [0.25, 0.3) is 0 Å². The average Bonchev–Trinajstić information content (AvgIpc) is 2.04. The lowest BCUT2D eigenvalue weighted by Crippen LogP contribution is -2.29. The first-order valence-electron chi connectivity index (χ1n) is 4.92. The van der Waals surface area contributed by atoms with E-state index < -0.39 is 6.03 Å². The van der Waals surface area contributed by atoms with Crippen LogP contribution in [0.3, 0.4) is 0 Å². The fraction of sp³-hybridized carbons (Fsp3) is 0.700. The number of urea groups is 1. The molecule has 3 N–H and O–H groups in total. The summed E-state index contributed by atoms with van der Waals surface area (Å²) >= 11 is 0. The summed E-state index contributed by atoms with van der Waals surface area (Å²) in [4.78, 5) is 10.5. The molecular formula is C10H18N2O. The van der Waals surface area contributed by atoms with Crippen LogP contribution in [-0.2, 0) is 0 Å². The largest absolute Gasteiger partial charge is 0.351 e. The predicted octanol–water partition coefficient (Wildman–Crippen LogP) is 2.14. The van der Waals surface area contributed by atoms with Gasteiger partial charge in [-0.2, -0.15) is 0 Å². The number of amides is 2. The van der Waals surface area contributed by atoms with Crippen LogP contribution in [0.15, 0.2) is 12.3 Å².